The van der Waals surface area contributed by atoms with Gasteiger partial charge in [0.15, 0.2) is 5.82 Å². The summed E-state index contributed by atoms with van der Waals surface area (Å²) in [6.45, 7) is 6.17. The zero-order chi connectivity index (χ0) is 22.4. The number of fused-ring (bicyclic) bond motifs is 1. The van der Waals surface area contributed by atoms with Gasteiger partial charge in [0, 0.05) is 32.1 Å². The van der Waals surface area contributed by atoms with E-state index in [1.165, 1.54) is 0 Å². The molecule has 9 heteroatoms. The van der Waals surface area contributed by atoms with Crippen molar-refractivity contribution in [1.29, 1.82) is 0 Å². The number of aromatic nitrogens is 7. The third-order valence-corrected chi connectivity index (χ3v) is 5.84. The summed E-state index contributed by atoms with van der Waals surface area (Å²) in [5.74, 6) is 3.76. The van der Waals surface area contributed by atoms with Gasteiger partial charge in [-0.15, -0.1) is 5.10 Å². The smallest absolute Gasteiger partial charge is 0.319 e. The molecule has 3 aromatic heterocycles. The van der Waals surface area contributed by atoms with Crippen LogP contribution in [0.3, 0.4) is 0 Å². The van der Waals surface area contributed by atoms with Gasteiger partial charge in [-0.1, -0.05) is 12.1 Å². The van der Waals surface area contributed by atoms with E-state index in [1.807, 2.05) is 39.0 Å². The first kappa shape index (κ1) is 20.6. The molecule has 166 valence electrons. The summed E-state index contributed by atoms with van der Waals surface area (Å²) >= 11 is 0. The summed E-state index contributed by atoms with van der Waals surface area (Å²) < 4.78 is 15.1. The molecule has 0 aliphatic heterocycles. The Bertz CT molecular complexity index is 1280. The molecule has 0 saturated heterocycles. The molecule has 1 aliphatic carbocycles. The van der Waals surface area contributed by atoms with E-state index in [-0.39, 0.29) is 12.0 Å². The van der Waals surface area contributed by atoms with E-state index in [0.29, 0.717) is 30.2 Å². The number of ether oxygens (including phenoxy) is 2. The van der Waals surface area contributed by atoms with Crippen LogP contribution in [0.2, 0.25) is 0 Å². The van der Waals surface area contributed by atoms with Crippen molar-refractivity contribution in [1.82, 2.24) is 34.3 Å². The highest BCUT2D eigenvalue weighted by Crippen LogP contribution is 2.54. The van der Waals surface area contributed by atoms with Gasteiger partial charge >= 0.3 is 6.01 Å². The van der Waals surface area contributed by atoms with Crippen molar-refractivity contribution in [2.75, 3.05) is 13.7 Å². The Balaban J connectivity index is 1.50. The number of imidazole rings is 1. The second kappa shape index (κ2) is 7.98. The zero-order valence-electron chi connectivity index (χ0n) is 19.0. The molecule has 9 nitrogen and oxygen atoms in total. The van der Waals surface area contributed by atoms with Crippen LogP contribution in [-0.4, -0.2) is 54.1 Å². The molecule has 3 heterocycles. The van der Waals surface area contributed by atoms with Crippen LogP contribution in [0.4, 0.5) is 0 Å². The summed E-state index contributed by atoms with van der Waals surface area (Å²) in [7, 11) is 3.73. The number of nitrogens with zero attached hydrogens (tertiary/aromatic N) is 7. The fourth-order valence-corrected chi connectivity index (χ4v) is 4.27. The monoisotopic (exact) mass is 433 g/mol. The minimum atomic E-state index is -0.170. The molecule has 0 N–H and O–H groups in total. The molecule has 0 bridgehead atoms. The predicted molar refractivity (Wildman–Crippen MR) is 119 cm³/mol. The molecule has 0 radical (unpaired) electrons. The van der Waals surface area contributed by atoms with Gasteiger partial charge in [-0.25, -0.2) is 9.97 Å². The first-order valence-corrected chi connectivity index (χ1v) is 10.8. The Morgan fingerprint density at radius 1 is 1.09 bits per heavy atom. The third-order valence-electron chi connectivity index (χ3n) is 5.84. The van der Waals surface area contributed by atoms with Crippen LogP contribution in [0.5, 0.6) is 6.01 Å². The Morgan fingerprint density at radius 2 is 1.91 bits per heavy atom. The minimum Gasteiger partial charge on any atom is -0.458 e. The molecule has 3 atom stereocenters. The molecule has 0 spiro atoms. The van der Waals surface area contributed by atoms with Crippen molar-refractivity contribution in [2.45, 2.75) is 45.1 Å². The number of aryl methyl sites for hydroxylation is 3. The lowest BCUT2D eigenvalue weighted by atomic mass is 10.2. The van der Waals surface area contributed by atoms with Gasteiger partial charge in [-0.3, -0.25) is 0 Å². The van der Waals surface area contributed by atoms with Crippen LogP contribution in [-0.2, 0) is 11.8 Å². The summed E-state index contributed by atoms with van der Waals surface area (Å²) in [6.07, 6.45) is 0.812. The van der Waals surface area contributed by atoms with E-state index in [2.05, 4.69) is 38.8 Å². The van der Waals surface area contributed by atoms with Gasteiger partial charge in [-0.05, 0) is 39.3 Å². The third kappa shape index (κ3) is 3.73. The zero-order valence-corrected chi connectivity index (χ0v) is 19.0. The SMILES string of the molecule is COC[C@H](C)Oc1nc([C@@H]2C[C@H]2c2nc3ccccc3n2C)cc(-n2nc(C)nc2C)n1. The van der Waals surface area contributed by atoms with Crippen molar-refractivity contribution in [3.63, 3.8) is 0 Å². The Labute approximate surface area is 186 Å². The number of hydrogen-bond acceptors (Lipinski definition) is 7. The molecule has 1 fully saturated rings. The van der Waals surface area contributed by atoms with Crippen LogP contribution in [0.25, 0.3) is 16.9 Å². The van der Waals surface area contributed by atoms with E-state index < -0.39 is 0 Å². The maximum Gasteiger partial charge on any atom is 0.319 e. The van der Waals surface area contributed by atoms with Gasteiger partial charge in [0.05, 0.1) is 23.3 Å². The van der Waals surface area contributed by atoms with Gasteiger partial charge in [0.1, 0.15) is 23.6 Å². The fourth-order valence-electron chi connectivity index (χ4n) is 4.27. The maximum absolute atomic E-state index is 5.97. The normalized spacial score (nSPS) is 18.8. The van der Waals surface area contributed by atoms with Crippen molar-refractivity contribution in [2.24, 2.45) is 7.05 Å². The van der Waals surface area contributed by atoms with E-state index in [9.17, 15) is 0 Å². The molecule has 0 unspecified atom stereocenters. The molecule has 32 heavy (non-hydrogen) atoms. The number of rotatable bonds is 7. The van der Waals surface area contributed by atoms with Crippen LogP contribution < -0.4 is 4.74 Å². The Hall–Kier alpha value is -3.33. The summed E-state index contributed by atoms with van der Waals surface area (Å²) in [4.78, 5) is 18.7. The first-order valence-electron chi connectivity index (χ1n) is 10.8. The average Bonchev–Trinajstić information content (AvgIpc) is 3.39. The standard InChI is InChI=1S/C23H27N7O2/c1-13(12-31-5)32-23-26-19(11-21(27-23)30-15(3)24-14(2)28-30)16-10-17(16)22-25-18-8-6-7-9-20(18)29(22)4/h6-9,11,13,16-17H,10,12H2,1-5H3/t13-,16+,17+/m0/s1. The lowest BCUT2D eigenvalue weighted by Crippen LogP contribution is -2.20. The average molecular weight is 434 g/mol. The van der Waals surface area contributed by atoms with Crippen LogP contribution in [0.1, 0.15) is 48.3 Å². The lowest BCUT2D eigenvalue weighted by molar-refractivity contribution is 0.0853. The highest BCUT2D eigenvalue weighted by atomic mass is 16.5. The second-order valence-electron chi connectivity index (χ2n) is 8.40. The predicted octanol–water partition coefficient (Wildman–Crippen LogP) is 3.25. The number of benzene rings is 1. The molecule has 1 aliphatic rings. The van der Waals surface area contributed by atoms with E-state index in [1.54, 1.807) is 11.8 Å². The van der Waals surface area contributed by atoms with Crippen molar-refractivity contribution in [3.8, 4) is 11.8 Å². The molecular weight excluding hydrogens is 406 g/mol. The Morgan fingerprint density at radius 3 is 2.62 bits per heavy atom. The van der Waals surface area contributed by atoms with Crippen molar-refractivity contribution < 1.29 is 9.47 Å². The number of hydrogen-bond donors (Lipinski definition) is 0. The molecule has 0 amide bonds. The van der Waals surface area contributed by atoms with E-state index in [0.717, 1.165) is 34.8 Å². The van der Waals surface area contributed by atoms with Crippen molar-refractivity contribution in [3.05, 3.63) is 53.5 Å². The first-order chi connectivity index (χ1) is 15.4. The molecule has 5 rings (SSSR count). The quantitative estimate of drug-likeness (QED) is 0.442. The molecule has 4 aromatic rings. The van der Waals surface area contributed by atoms with Crippen molar-refractivity contribution >= 4 is 11.0 Å². The molecular formula is C23H27N7O2. The summed E-state index contributed by atoms with van der Waals surface area (Å²) in [6, 6.07) is 10.5. The summed E-state index contributed by atoms with van der Waals surface area (Å²) in [5.41, 5.74) is 3.09. The number of para-hydroxylation sites is 2. The van der Waals surface area contributed by atoms with Gasteiger partial charge < -0.3 is 14.0 Å². The van der Waals surface area contributed by atoms with Crippen LogP contribution in [0.15, 0.2) is 30.3 Å². The highest BCUT2D eigenvalue weighted by molar-refractivity contribution is 5.76. The number of methoxy groups -OCH3 is 1. The van der Waals surface area contributed by atoms with Crippen LogP contribution in [0, 0.1) is 13.8 Å². The lowest BCUT2D eigenvalue weighted by Gasteiger charge is -2.14. The summed E-state index contributed by atoms with van der Waals surface area (Å²) in [5, 5.41) is 4.50. The van der Waals surface area contributed by atoms with Gasteiger partial charge in [0.2, 0.25) is 0 Å². The van der Waals surface area contributed by atoms with Gasteiger partial charge in [0.25, 0.3) is 0 Å². The topological polar surface area (TPSA) is 92.8 Å². The second-order valence-corrected chi connectivity index (χ2v) is 8.40. The van der Waals surface area contributed by atoms with E-state index >= 15 is 0 Å². The largest absolute Gasteiger partial charge is 0.458 e. The molecule has 1 saturated carbocycles. The van der Waals surface area contributed by atoms with Gasteiger partial charge in [-0.2, -0.15) is 14.6 Å². The highest BCUT2D eigenvalue weighted by Gasteiger charge is 2.44. The van der Waals surface area contributed by atoms with E-state index in [4.69, 9.17) is 19.4 Å². The maximum atomic E-state index is 5.97. The fraction of sp³-hybridized carbons (Fsp3) is 0.435. The Kier molecular flexibility index (Phi) is 5.13. The van der Waals surface area contributed by atoms with Crippen LogP contribution >= 0.6 is 0 Å². The molecule has 1 aromatic carbocycles. The minimum absolute atomic E-state index is 0.170.